The summed E-state index contributed by atoms with van der Waals surface area (Å²) in [4.78, 5) is 11.4. The lowest BCUT2D eigenvalue weighted by Gasteiger charge is -2.05. The van der Waals surface area contributed by atoms with Crippen molar-refractivity contribution in [3.8, 4) is 0 Å². The molecule has 1 rings (SSSR count). The maximum Gasteiger partial charge on any atom is 0.221 e. The Morgan fingerprint density at radius 2 is 2.19 bits per heavy atom. The lowest BCUT2D eigenvalue weighted by molar-refractivity contribution is -0.120. The number of halogens is 1. The molecule has 1 aromatic rings. The Kier molecular flexibility index (Phi) is 6.34. The van der Waals surface area contributed by atoms with Crippen LogP contribution in [0.1, 0.15) is 17.5 Å². The fourth-order valence-electron chi connectivity index (χ4n) is 1.31. The quantitative estimate of drug-likeness (QED) is 0.794. The molecular weight excluding hydrogens is 242 g/mol. The van der Waals surface area contributed by atoms with Crippen molar-refractivity contribution >= 4 is 29.3 Å². The number of benzene rings is 1. The monoisotopic (exact) mass is 257 g/mol. The Morgan fingerprint density at radius 1 is 1.44 bits per heavy atom. The molecule has 1 amide bonds. The molecule has 0 spiro atoms. The highest BCUT2D eigenvalue weighted by molar-refractivity contribution is 7.98. The number of amides is 1. The molecule has 0 unspecified atom stereocenters. The minimum absolute atomic E-state index is 0.102. The van der Waals surface area contributed by atoms with Crippen molar-refractivity contribution in [1.82, 2.24) is 5.32 Å². The molecule has 4 heteroatoms. The van der Waals surface area contributed by atoms with E-state index in [2.05, 4.69) is 5.32 Å². The first kappa shape index (κ1) is 13.4. The largest absolute Gasteiger partial charge is 0.352 e. The van der Waals surface area contributed by atoms with Gasteiger partial charge >= 0.3 is 0 Å². The van der Waals surface area contributed by atoms with Crippen LogP contribution in [0.25, 0.3) is 0 Å². The van der Waals surface area contributed by atoms with Gasteiger partial charge in [0.15, 0.2) is 0 Å². The summed E-state index contributed by atoms with van der Waals surface area (Å²) in [6, 6.07) is 7.94. The first-order chi connectivity index (χ1) is 7.76. The van der Waals surface area contributed by atoms with E-state index < -0.39 is 0 Å². The van der Waals surface area contributed by atoms with Crippen molar-refractivity contribution < 1.29 is 4.79 Å². The van der Waals surface area contributed by atoms with Crippen molar-refractivity contribution in [2.24, 2.45) is 0 Å². The SMILES string of the molecule is CSCCC(=O)NCc1cccc(CCl)c1. The van der Waals surface area contributed by atoms with Crippen LogP contribution in [0, 0.1) is 0 Å². The number of nitrogens with one attached hydrogen (secondary N) is 1. The second kappa shape index (κ2) is 7.58. The maximum atomic E-state index is 11.4. The molecule has 0 atom stereocenters. The fourth-order valence-corrected chi connectivity index (χ4v) is 1.86. The molecule has 0 fully saturated rings. The Morgan fingerprint density at radius 3 is 2.88 bits per heavy atom. The summed E-state index contributed by atoms with van der Waals surface area (Å²) >= 11 is 7.42. The number of hydrogen-bond acceptors (Lipinski definition) is 2. The lowest BCUT2D eigenvalue weighted by atomic mass is 10.1. The molecule has 0 heterocycles. The van der Waals surface area contributed by atoms with Gasteiger partial charge in [-0.25, -0.2) is 0 Å². The Bertz CT molecular complexity index is 344. The number of carbonyl (C=O) groups excluding carboxylic acids is 1. The van der Waals surface area contributed by atoms with Crippen LogP contribution >= 0.6 is 23.4 Å². The number of thioether (sulfide) groups is 1. The summed E-state index contributed by atoms with van der Waals surface area (Å²) in [5.74, 6) is 1.48. The fraction of sp³-hybridized carbons (Fsp3) is 0.417. The van der Waals surface area contributed by atoms with Gasteiger partial charge in [-0.1, -0.05) is 24.3 Å². The van der Waals surface area contributed by atoms with Gasteiger partial charge < -0.3 is 5.32 Å². The Hall–Kier alpha value is -0.670. The van der Waals surface area contributed by atoms with Crippen LogP contribution in [-0.4, -0.2) is 17.9 Å². The second-order valence-electron chi connectivity index (χ2n) is 3.47. The predicted molar refractivity (Wildman–Crippen MR) is 70.8 cm³/mol. The summed E-state index contributed by atoms with van der Waals surface area (Å²) in [5.41, 5.74) is 2.17. The van der Waals surface area contributed by atoms with E-state index in [-0.39, 0.29) is 5.91 Å². The average Bonchev–Trinajstić information content (AvgIpc) is 2.34. The van der Waals surface area contributed by atoms with Crippen LogP contribution in [0.3, 0.4) is 0 Å². The number of carbonyl (C=O) groups is 1. The van der Waals surface area contributed by atoms with E-state index in [1.54, 1.807) is 11.8 Å². The van der Waals surface area contributed by atoms with Gasteiger partial charge in [-0.2, -0.15) is 11.8 Å². The van der Waals surface area contributed by atoms with Gasteiger partial charge in [0.2, 0.25) is 5.91 Å². The molecule has 0 saturated carbocycles. The third-order valence-electron chi connectivity index (χ3n) is 2.17. The van der Waals surface area contributed by atoms with Crippen LogP contribution in [0.2, 0.25) is 0 Å². The average molecular weight is 258 g/mol. The molecular formula is C12H16ClNOS. The summed E-state index contributed by atoms with van der Waals surface area (Å²) in [6.45, 7) is 0.581. The minimum Gasteiger partial charge on any atom is -0.352 e. The van der Waals surface area contributed by atoms with E-state index in [1.165, 1.54) is 0 Å². The summed E-state index contributed by atoms with van der Waals surface area (Å²) in [5, 5.41) is 2.89. The predicted octanol–water partition coefficient (Wildman–Crippen LogP) is 2.79. The van der Waals surface area contributed by atoms with Crippen LogP contribution in [0.4, 0.5) is 0 Å². The molecule has 16 heavy (non-hydrogen) atoms. The van der Waals surface area contributed by atoms with Crippen molar-refractivity contribution in [3.63, 3.8) is 0 Å². The van der Waals surface area contributed by atoms with Gasteiger partial charge in [0.05, 0.1) is 0 Å². The van der Waals surface area contributed by atoms with Gasteiger partial charge in [0, 0.05) is 24.6 Å². The van der Waals surface area contributed by atoms with Gasteiger partial charge in [0.1, 0.15) is 0 Å². The normalized spacial score (nSPS) is 10.1. The maximum absolute atomic E-state index is 11.4. The number of alkyl halides is 1. The van der Waals surface area contributed by atoms with E-state index >= 15 is 0 Å². The zero-order valence-corrected chi connectivity index (χ0v) is 10.9. The van der Waals surface area contributed by atoms with Crippen molar-refractivity contribution in [3.05, 3.63) is 35.4 Å². The van der Waals surface area contributed by atoms with Crippen molar-refractivity contribution in [2.75, 3.05) is 12.0 Å². The highest BCUT2D eigenvalue weighted by Crippen LogP contribution is 2.07. The van der Waals surface area contributed by atoms with E-state index in [1.807, 2.05) is 30.5 Å². The Labute approximate surface area is 106 Å². The summed E-state index contributed by atoms with van der Waals surface area (Å²) in [6.07, 6.45) is 2.58. The van der Waals surface area contributed by atoms with Crippen molar-refractivity contribution in [1.29, 1.82) is 0 Å². The standard InChI is InChI=1S/C12H16ClNOS/c1-16-6-5-12(15)14-9-11-4-2-3-10(7-11)8-13/h2-4,7H,5-6,8-9H2,1H3,(H,14,15). The summed E-state index contributed by atoms with van der Waals surface area (Å²) < 4.78 is 0. The smallest absolute Gasteiger partial charge is 0.221 e. The van der Waals surface area contributed by atoms with E-state index in [0.29, 0.717) is 18.8 Å². The first-order valence-corrected chi connectivity index (χ1v) is 7.08. The molecule has 0 aliphatic carbocycles. The van der Waals surface area contributed by atoms with E-state index in [9.17, 15) is 4.79 Å². The zero-order valence-electron chi connectivity index (χ0n) is 9.33. The highest BCUT2D eigenvalue weighted by atomic mass is 35.5. The van der Waals surface area contributed by atoms with Crippen LogP contribution in [0.5, 0.6) is 0 Å². The first-order valence-electron chi connectivity index (χ1n) is 5.15. The van der Waals surface area contributed by atoms with Gasteiger partial charge in [-0.15, -0.1) is 11.6 Å². The third-order valence-corrected chi connectivity index (χ3v) is 3.09. The molecule has 0 aromatic heterocycles. The number of rotatable bonds is 6. The minimum atomic E-state index is 0.102. The molecule has 0 radical (unpaired) electrons. The molecule has 88 valence electrons. The highest BCUT2D eigenvalue weighted by Gasteiger charge is 2.00. The topological polar surface area (TPSA) is 29.1 Å². The summed E-state index contributed by atoms with van der Waals surface area (Å²) in [7, 11) is 0. The van der Waals surface area contributed by atoms with E-state index in [0.717, 1.165) is 16.9 Å². The van der Waals surface area contributed by atoms with Gasteiger partial charge in [-0.3, -0.25) is 4.79 Å². The zero-order chi connectivity index (χ0) is 11.8. The van der Waals surface area contributed by atoms with Gasteiger partial charge in [-0.05, 0) is 17.4 Å². The van der Waals surface area contributed by atoms with E-state index in [4.69, 9.17) is 11.6 Å². The van der Waals surface area contributed by atoms with Crippen LogP contribution in [0.15, 0.2) is 24.3 Å². The second-order valence-corrected chi connectivity index (χ2v) is 4.73. The van der Waals surface area contributed by atoms with Crippen molar-refractivity contribution in [2.45, 2.75) is 18.8 Å². The molecule has 1 N–H and O–H groups in total. The van der Waals surface area contributed by atoms with Crippen LogP contribution in [-0.2, 0) is 17.2 Å². The molecule has 1 aromatic carbocycles. The Balaban J connectivity index is 2.38. The third kappa shape index (κ3) is 4.90. The molecule has 0 aliphatic rings. The lowest BCUT2D eigenvalue weighted by Crippen LogP contribution is -2.22. The van der Waals surface area contributed by atoms with Gasteiger partial charge in [0.25, 0.3) is 0 Å². The number of hydrogen-bond donors (Lipinski definition) is 1. The molecule has 0 aliphatic heterocycles. The molecule has 0 bridgehead atoms. The molecule has 0 saturated heterocycles. The molecule has 2 nitrogen and oxygen atoms in total. The van der Waals surface area contributed by atoms with Crippen LogP contribution < -0.4 is 5.32 Å².